The molecule has 0 aromatic rings. The van der Waals surface area contributed by atoms with Crippen molar-refractivity contribution < 1.29 is 28.6 Å². The fourth-order valence-corrected chi connectivity index (χ4v) is 6.56. The zero-order valence-corrected chi connectivity index (χ0v) is 40.1. The van der Waals surface area contributed by atoms with Crippen LogP contribution in [-0.2, 0) is 28.6 Å². The summed E-state index contributed by atoms with van der Waals surface area (Å²) in [6.45, 7) is 6.37. The van der Waals surface area contributed by atoms with Crippen molar-refractivity contribution >= 4 is 17.9 Å². The molecule has 1 unspecified atom stereocenters. The first-order valence-electron chi connectivity index (χ1n) is 25.3. The molecule has 0 aliphatic heterocycles. The van der Waals surface area contributed by atoms with E-state index in [-0.39, 0.29) is 37.5 Å². The molecular formula is C56H92O6. The van der Waals surface area contributed by atoms with Gasteiger partial charge in [0.2, 0.25) is 0 Å². The van der Waals surface area contributed by atoms with Crippen LogP contribution in [0.3, 0.4) is 0 Å². The van der Waals surface area contributed by atoms with Crippen molar-refractivity contribution in [3.63, 3.8) is 0 Å². The molecule has 6 heteroatoms. The second-order valence-corrected chi connectivity index (χ2v) is 16.4. The maximum atomic E-state index is 12.8. The van der Waals surface area contributed by atoms with Crippen LogP contribution < -0.4 is 0 Å². The van der Waals surface area contributed by atoms with E-state index in [0.717, 1.165) is 89.9 Å². The highest BCUT2D eigenvalue weighted by Gasteiger charge is 2.19. The summed E-state index contributed by atoms with van der Waals surface area (Å²) in [5, 5.41) is 0. The smallest absolute Gasteiger partial charge is 0.306 e. The summed E-state index contributed by atoms with van der Waals surface area (Å²) in [5.74, 6) is -1.03. The molecule has 62 heavy (non-hydrogen) atoms. The number of unbranched alkanes of at least 4 members (excludes halogenated alkanes) is 18. The molecule has 1 atom stereocenters. The SMILES string of the molecule is CC/C=C\C/C=C\C/C=C\C/C=C\C/C=C\C/C=C\CCC(=O)OCC(COC(=O)CCCCC/C=C\C=C/CCCC)OC(=O)CCCCCCCCCCCCCCCC. The van der Waals surface area contributed by atoms with Crippen LogP contribution in [-0.4, -0.2) is 37.2 Å². The Hall–Kier alpha value is -3.67. The van der Waals surface area contributed by atoms with Crippen molar-refractivity contribution in [2.75, 3.05) is 13.2 Å². The van der Waals surface area contributed by atoms with Gasteiger partial charge in [-0.25, -0.2) is 0 Å². The Morgan fingerprint density at radius 1 is 0.355 bits per heavy atom. The zero-order valence-electron chi connectivity index (χ0n) is 40.1. The van der Waals surface area contributed by atoms with E-state index in [1.165, 1.54) is 83.5 Å². The standard InChI is InChI=1S/C56H92O6/c1-4-7-10-13-16-19-22-24-26-27-28-29-30-32-34-37-40-43-46-49-55(58)61-52-53(51-60-54(57)48-45-42-39-36-33-21-18-15-12-9-6-3)62-56(59)50-47-44-41-38-35-31-25-23-20-17-14-11-8-5-2/h7,10,15-16,18-19,21,24,26,28-29,32-34,40,43,53H,4-6,8-9,11-14,17,20,22-23,25,27,30-31,35-39,41-42,44-52H2,1-3H3/b10-7-,18-15-,19-16-,26-24-,29-28-,33-21-,34-32-,43-40-. The molecule has 0 amide bonds. The molecule has 6 nitrogen and oxygen atoms in total. The van der Waals surface area contributed by atoms with E-state index in [1.54, 1.807) is 0 Å². The Kier molecular flexibility index (Phi) is 47.0. The summed E-state index contributed by atoms with van der Waals surface area (Å²) in [6.07, 6.45) is 65.5. The third-order valence-electron chi connectivity index (χ3n) is 10.4. The molecular weight excluding hydrogens is 769 g/mol. The topological polar surface area (TPSA) is 78.9 Å². The molecule has 0 aliphatic rings. The van der Waals surface area contributed by atoms with E-state index in [1.807, 2.05) is 12.2 Å². The lowest BCUT2D eigenvalue weighted by atomic mass is 10.0. The lowest BCUT2D eigenvalue weighted by Crippen LogP contribution is -2.30. The Labute approximate surface area is 381 Å². The second-order valence-electron chi connectivity index (χ2n) is 16.4. The maximum absolute atomic E-state index is 12.8. The molecule has 0 saturated heterocycles. The predicted molar refractivity (Wildman–Crippen MR) is 265 cm³/mol. The van der Waals surface area contributed by atoms with Gasteiger partial charge in [0.1, 0.15) is 13.2 Å². The van der Waals surface area contributed by atoms with Crippen LogP contribution >= 0.6 is 0 Å². The lowest BCUT2D eigenvalue weighted by Gasteiger charge is -2.18. The molecule has 0 fully saturated rings. The number of hydrogen-bond acceptors (Lipinski definition) is 6. The van der Waals surface area contributed by atoms with Gasteiger partial charge in [-0.1, -0.05) is 221 Å². The number of rotatable bonds is 44. The highest BCUT2D eigenvalue weighted by molar-refractivity contribution is 5.71. The fraction of sp³-hybridized carbons (Fsp3) is 0.661. The van der Waals surface area contributed by atoms with Crippen LogP contribution in [0.15, 0.2) is 97.2 Å². The van der Waals surface area contributed by atoms with E-state index in [2.05, 4.69) is 106 Å². The molecule has 0 rings (SSSR count). The van der Waals surface area contributed by atoms with Crippen molar-refractivity contribution in [3.8, 4) is 0 Å². The van der Waals surface area contributed by atoms with Gasteiger partial charge in [-0.2, -0.15) is 0 Å². The van der Waals surface area contributed by atoms with Crippen molar-refractivity contribution in [2.24, 2.45) is 0 Å². The fourth-order valence-electron chi connectivity index (χ4n) is 6.56. The van der Waals surface area contributed by atoms with Crippen LogP contribution in [0.25, 0.3) is 0 Å². The van der Waals surface area contributed by atoms with Gasteiger partial charge in [0.05, 0.1) is 0 Å². The summed E-state index contributed by atoms with van der Waals surface area (Å²) >= 11 is 0. The van der Waals surface area contributed by atoms with E-state index in [4.69, 9.17) is 14.2 Å². The first-order valence-corrected chi connectivity index (χ1v) is 25.3. The molecule has 0 radical (unpaired) electrons. The monoisotopic (exact) mass is 861 g/mol. The summed E-state index contributed by atoms with van der Waals surface area (Å²) in [7, 11) is 0. The molecule has 0 aromatic heterocycles. The van der Waals surface area contributed by atoms with Crippen LogP contribution in [0.2, 0.25) is 0 Å². The van der Waals surface area contributed by atoms with Gasteiger partial charge in [0.25, 0.3) is 0 Å². The van der Waals surface area contributed by atoms with Gasteiger partial charge in [-0.05, 0) is 77.0 Å². The number of carbonyl (C=O) groups excluding carboxylic acids is 3. The van der Waals surface area contributed by atoms with Crippen LogP contribution in [0.5, 0.6) is 0 Å². The third kappa shape index (κ3) is 47.4. The Morgan fingerprint density at radius 3 is 1.19 bits per heavy atom. The van der Waals surface area contributed by atoms with E-state index in [9.17, 15) is 14.4 Å². The van der Waals surface area contributed by atoms with Gasteiger partial charge in [-0.3, -0.25) is 14.4 Å². The van der Waals surface area contributed by atoms with Crippen molar-refractivity contribution in [2.45, 2.75) is 226 Å². The Balaban J connectivity index is 4.51. The van der Waals surface area contributed by atoms with Gasteiger partial charge < -0.3 is 14.2 Å². The van der Waals surface area contributed by atoms with Crippen molar-refractivity contribution in [3.05, 3.63) is 97.2 Å². The first kappa shape index (κ1) is 58.3. The zero-order chi connectivity index (χ0) is 45.1. The molecule has 0 N–H and O–H groups in total. The first-order chi connectivity index (χ1) is 30.5. The summed E-state index contributed by atoms with van der Waals surface area (Å²) < 4.78 is 16.7. The molecule has 0 aromatic carbocycles. The number of ether oxygens (including phenoxy) is 3. The molecule has 0 aliphatic carbocycles. The highest BCUT2D eigenvalue weighted by atomic mass is 16.6. The van der Waals surface area contributed by atoms with Gasteiger partial charge in [0.15, 0.2) is 6.10 Å². The minimum Gasteiger partial charge on any atom is -0.462 e. The summed E-state index contributed by atoms with van der Waals surface area (Å²) in [6, 6.07) is 0. The van der Waals surface area contributed by atoms with E-state index < -0.39 is 6.10 Å². The maximum Gasteiger partial charge on any atom is 0.306 e. The predicted octanol–water partition coefficient (Wildman–Crippen LogP) is 16.6. The number of carbonyl (C=O) groups is 3. The van der Waals surface area contributed by atoms with Crippen LogP contribution in [0.4, 0.5) is 0 Å². The molecule has 0 bridgehead atoms. The quantitative estimate of drug-likeness (QED) is 0.0200. The average molecular weight is 861 g/mol. The number of allylic oxidation sites excluding steroid dienone is 16. The van der Waals surface area contributed by atoms with Crippen molar-refractivity contribution in [1.29, 1.82) is 0 Å². The summed E-state index contributed by atoms with van der Waals surface area (Å²) in [5.41, 5.74) is 0. The average Bonchev–Trinajstić information content (AvgIpc) is 3.27. The number of hydrogen-bond donors (Lipinski definition) is 0. The molecule has 0 spiro atoms. The number of esters is 3. The molecule has 0 saturated carbocycles. The summed E-state index contributed by atoms with van der Waals surface area (Å²) in [4.78, 5) is 37.9. The molecule has 0 heterocycles. The van der Waals surface area contributed by atoms with Crippen LogP contribution in [0, 0.1) is 0 Å². The minimum absolute atomic E-state index is 0.114. The lowest BCUT2D eigenvalue weighted by molar-refractivity contribution is -0.166. The van der Waals surface area contributed by atoms with E-state index in [0.29, 0.717) is 19.3 Å². The highest BCUT2D eigenvalue weighted by Crippen LogP contribution is 2.14. The molecule has 352 valence electrons. The van der Waals surface area contributed by atoms with Gasteiger partial charge in [0, 0.05) is 19.3 Å². The Morgan fingerprint density at radius 2 is 0.726 bits per heavy atom. The normalized spacial score (nSPS) is 12.9. The minimum atomic E-state index is -0.816. The van der Waals surface area contributed by atoms with Gasteiger partial charge >= 0.3 is 17.9 Å². The Bertz CT molecular complexity index is 1260. The van der Waals surface area contributed by atoms with Crippen molar-refractivity contribution in [1.82, 2.24) is 0 Å². The van der Waals surface area contributed by atoms with E-state index >= 15 is 0 Å². The third-order valence-corrected chi connectivity index (χ3v) is 10.4. The second kappa shape index (κ2) is 50.0. The van der Waals surface area contributed by atoms with Gasteiger partial charge in [-0.15, -0.1) is 0 Å². The van der Waals surface area contributed by atoms with Crippen LogP contribution in [0.1, 0.15) is 220 Å². The largest absolute Gasteiger partial charge is 0.462 e.